The highest BCUT2D eigenvalue weighted by atomic mass is 16.5. The van der Waals surface area contributed by atoms with Gasteiger partial charge in [0.15, 0.2) is 11.5 Å². The minimum atomic E-state index is -0.485. The van der Waals surface area contributed by atoms with Gasteiger partial charge in [0.1, 0.15) is 0 Å². The molecule has 14 heavy (non-hydrogen) atoms. The highest BCUT2D eigenvalue weighted by Gasteiger charge is 2.05. The Morgan fingerprint density at radius 1 is 1.50 bits per heavy atom. The van der Waals surface area contributed by atoms with E-state index in [0.29, 0.717) is 6.42 Å². The average Bonchev–Trinajstić information content (AvgIpc) is 2.10. The van der Waals surface area contributed by atoms with Gasteiger partial charge in [0.05, 0.1) is 0 Å². The second-order valence-corrected chi connectivity index (χ2v) is 2.87. The maximum absolute atomic E-state index is 10.7. The van der Waals surface area contributed by atoms with Gasteiger partial charge in [-0.3, -0.25) is 4.79 Å². The molecule has 0 bridgehead atoms. The van der Waals surface area contributed by atoms with Crippen molar-refractivity contribution in [3.05, 3.63) is 23.8 Å². The first-order chi connectivity index (χ1) is 6.63. The molecule has 4 heteroatoms. The molecule has 0 saturated carbocycles. The molecule has 2 N–H and O–H groups in total. The lowest BCUT2D eigenvalue weighted by Gasteiger charge is -2.05. The van der Waals surface area contributed by atoms with E-state index < -0.39 is 5.97 Å². The number of phenols is 1. The van der Waals surface area contributed by atoms with Crippen LogP contribution in [0.15, 0.2) is 18.2 Å². The zero-order valence-electron chi connectivity index (χ0n) is 7.86. The van der Waals surface area contributed by atoms with Crippen molar-refractivity contribution in [3.8, 4) is 11.5 Å². The second kappa shape index (κ2) is 4.62. The highest BCUT2D eigenvalue weighted by Crippen LogP contribution is 2.26. The van der Waals surface area contributed by atoms with Gasteiger partial charge in [-0.05, 0) is 24.1 Å². The van der Waals surface area contributed by atoms with Crippen molar-refractivity contribution >= 4 is 5.97 Å². The topological polar surface area (TPSA) is 66.8 Å². The molecular formula is C10H12O4. The molecule has 0 heterocycles. The van der Waals surface area contributed by atoms with E-state index in [1.807, 2.05) is 0 Å². The van der Waals surface area contributed by atoms with Crippen molar-refractivity contribution in [2.24, 2.45) is 0 Å². The number of carbonyl (C=O) groups is 1. The van der Waals surface area contributed by atoms with Gasteiger partial charge in [0, 0.05) is 13.5 Å². The first-order valence-corrected chi connectivity index (χ1v) is 4.24. The SMILES string of the molecule is CC(=O)Oc1cc(CCO)ccc1O. The molecule has 0 spiro atoms. The average molecular weight is 196 g/mol. The number of esters is 1. The largest absolute Gasteiger partial charge is 0.504 e. The van der Waals surface area contributed by atoms with Crippen LogP contribution in [0.4, 0.5) is 0 Å². The number of hydrogen-bond donors (Lipinski definition) is 2. The van der Waals surface area contributed by atoms with Crippen molar-refractivity contribution in [2.75, 3.05) is 6.61 Å². The molecule has 0 aliphatic rings. The van der Waals surface area contributed by atoms with Crippen LogP contribution in [0.5, 0.6) is 11.5 Å². The Kier molecular flexibility index (Phi) is 3.48. The Morgan fingerprint density at radius 2 is 2.21 bits per heavy atom. The number of aliphatic hydroxyl groups is 1. The lowest BCUT2D eigenvalue weighted by molar-refractivity contribution is -0.132. The molecular weight excluding hydrogens is 184 g/mol. The normalized spacial score (nSPS) is 9.86. The highest BCUT2D eigenvalue weighted by molar-refractivity contribution is 5.70. The predicted molar refractivity (Wildman–Crippen MR) is 50.2 cm³/mol. The van der Waals surface area contributed by atoms with E-state index in [1.54, 1.807) is 6.07 Å². The van der Waals surface area contributed by atoms with Gasteiger partial charge in [-0.25, -0.2) is 0 Å². The maximum atomic E-state index is 10.7. The van der Waals surface area contributed by atoms with Crippen LogP contribution in [0.1, 0.15) is 12.5 Å². The van der Waals surface area contributed by atoms with Gasteiger partial charge in [-0.1, -0.05) is 6.07 Å². The van der Waals surface area contributed by atoms with E-state index in [1.165, 1.54) is 19.1 Å². The molecule has 76 valence electrons. The number of aromatic hydroxyl groups is 1. The molecule has 1 aromatic carbocycles. The van der Waals surface area contributed by atoms with Crippen LogP contribution >= 0.6 is 0 Å². The van der Waals surface area contributed by atoms with Crippen LogP contribution in [-0.2, 0) is 11.2 Å². The van der Waals surface area contributed by atoms with Crippen LogP contribution in [0, 0.1) is 0 Å². The lowest BCUT2D eigenvalue weighted by Crippen LogP contribution is -2.02. The molecule has 0 aromatic heterocycles. The molecule has 0 unspecified atom stereocenters. The molecule has 0 saturated heterocycles. The van der Waals surface area contributed by atoms with Crippen LogP contribution in [0.25, 0.3) is 0 Å². The van der Waals surface area contributed by atoms with Crippen molar-refractivity contribution in [1.82, 2.24) is 0 Å². The molecule has 0 amide bonds. The Bertz CT molecular complexity index is 333. The lowest BCUT2D eigenvalue weighted by atomic mass is 10.1. The molecule has 0 aliphatic carbocycles. The summed E-state index contributed by atoms with van der Waals surface area (Å²) in [7, 11) is 0. The molecule has 0 aliphatic heterocycles. The summed E-state index contributed by atoms with van der Waals surface area (Å²) in [6, 6.07) is 4.63. The summed E-state index contributed by atoms with van der Waals surface area (Å²) in [5, 5.41) is 18.0. The molecule has 0 radical (unpaired) electrons. The van der Waals surface area contributed by atoms with Crippen LogP contribution in [0.3, 0.4) is 0 Å². The van der Waals surface area contributed by atoms with Crippen LogP contribution in [-0.4, -0.2) is 22.8 Å². The Morgan fingerprint density at radius 3 is 2.79 bits per heavy atom. The molecule has 1 aromatic rings. The minimum absolute atomic E-state index is 0.0181. The van der Waals surface area contributed by atoms with E-state index in [4.69, 9.17) is 9.84 Å². The van der Waals surface area contributed by atoms with E-state index in [9.17, 15) is 9.90 Å². The van der Waals surface area contributed by atoms with E-state index in [2.05, 4.69) is 0 Å². The first kappa shape index (κ1) is 10.5. The van der Waals surface area contributed by atoms with E-state index >= 15 is 0 Å². The van der Waals surface area contributed by atoms with Crippen molar-refractivity contribution in [1.29, 1.82) is 0 Å². The number of carbonyl (C=O) groups excluding carboxylic acids is 1. The smallest absolute Gasteiger partial charge is 0.308 e. The molecule has 1 rings (SSSR count). The Labute approximate surface area is 81.8 Å². The Balaban J connectivity index is 2.90. The summed E-state index contributed by atoms with van der Waals surface area (Å²) < 4.78 is 4.76. The van der Waals surface area contributed by atoms with E-state index in [-0.39, 0.29) is 18.1 Å². The van der Waals surface area contributed by atoms with Gasteiger partial charge < -0.3 is 14.9 Å². The van der Waals surface area contributed by atoms with Crippen molar-refractivity contribution in [2.45, 2.75) is 13.3 Å². The van der Waals surface area contributed by atoms with Crippen molar-refractivity contribution < 1.29 is 19.7 Å². The number of benzene rings is 1. The number of ether oxygens (including phenoxy) is 1. The zero-order valence-corrected chi connectivity index (χ0v) is 7.86. The number of aliphatic hydroxyl groups excluding tert-OH is 1. The van der Waals surface area contributed by atoms with Gasteiger partial charge >= 0.3 is 5.97 Å². The standard InChI is InChI=1S/C10H12O4/c1-7(12)14-10-6-8(4-5-11)2-3-9(10)13/h2-3,6,11,13H,4-5H2,1H3. The van der Waals surface area contributed by atoms with Gasteiger partial charge in [-0.15, -0.1) is 0 Å². The molecule has 0 fully saturated rings. The summed E-state index contributed by atoms with van der Waals surface area (Å²) in [6.45, 7) is 1.28. The number of phenolic OH excluding ortho intramolecular Hbond substituents is 1. The third-order valence-corrected chi connectivity index (χ3v) is 1.68. The fourth-order valence-electron chi connectivity index (χ4n) is 1.08. The van der Waals surface area contributed by atoms with Crippen molar-refractivity contribution in [3.63, 3.8) is 0 Å². The second-order valence-electron chi connectivity index (χ2n) is 2.87. The van der Waals surface area contributed by atoms with Gasteiger partial charge in [0.2, 0.25) is 0 Å². The fraction of sp³-hybridized carbons (Fsp3) is 0.300. The third-order valence-electron chi connectivity index (χ3n) is 1.68. The number of hydrogen-bond acceptors (Lipinski definition) is 4. The third kappa shape index (κ3) is 2.74. The first-order valence-electron chi connectivity index (χ1n) is 4.24. The minimum Gasteiger partial charge on any atom is -0.504 e. The summed E-state index contributed by atoms with van der Waals surface area (Å²) in [5.74, 6) is -0.438. The maximum Gasteiger partial charge on any atom is 0.308 e. The quantitative estimate of drug-likeness (QED) is 0.555. The van der Waals surface area contributed by atoms with E-state index in [0.717, 1.165) is 5.56 Å². The van der Waals surface area contributed by atoms with Gasteiger partial charge in [0.25, 0.3) is 0 Å². The molecule has 4 nitrogen and oxygen atoms in total. The summed E-state index contributed by atoms with van der Waals surface area (Å²) >= 11 is 0. The molecule has 0 atom stereocenters. The predicted octanol–water partition coefficient (Wildman–Crippen LogP) is 0.852. The zero-order chi connectivity index (χ0) is 10.6. The number of rotatable bonds is 3. The summed E-state index contributed by atoms with van der Waals surface area (Å²) in [5.41, 5.74) is 0.807. The monoisotopic (exact) mass is 196 g/mol. The van der Waals surface area contributed by atoms with Crippen LogP contribution in [0.2, 0.25) is 0 Å². The summed E-state index contributed by atoms with van der Waals surface area (Å²) in [6.07, 6.45) is 0.467. The summed E-state index contributed by atoms with van der Waals surface area (Å²) in [4.78, 5) is 10.7. The van der Waals surface area contributed by atoms with Crippen LogP contribution < -0.4 is 4.74 Å². The fourth-order valence-corrected chi connectivity index (χ4v) is 1.08. The van der Waals surface area contributed by atoms with Gasteiger partial charge in [-0.2, -0.15) is 0 Å². The Hall–Kier alpha value is -1.55.